The van der Waals surface area contributed by atoms with Crippen LogP contribution in [0.2, 0.25) is 0 Å². The van der Waals surface area contributed by atoms with Crippen molar-refractivity contribution in [3.8, 4) is 0 Å². The summed E-state index contributed by atoms with van der Waals surface area (Å²) in [6.45, 7) is 4.42. The lowest BCUT2D eigenvalue weighted by molar-refractivity contribution is 0.716. The first-order valence-electron chi connectivity index (χ1n) is 4.51. The minimum absolute atomic E-state index is 0.667. The lowest BCUT2D eigenvalue weighted by atomic mass is 9.79. The fourth-order valence-corrected chi connectivity index (χ4v) is 1.94. The Kier molecular flexibility index (Phi) is 1.76. The minimum atomic E-state index is 0.667. The van der Waals surface area contributed by atoms with E-state index in [1.165, 1.54) is 23.1 Å². The molecule has 0 bridgehead atoms. The fourth-order valence-electron chi connectivity index (χ4n) is 1.94. The van der Waals surface area contributed by atoms with E-state index in [0.717, 1.165) is 0 Å². The van der Waals surface area contributed by atoms with Gasteiger partial charge in [-0.05, 0) is 31.4 Å². The van der Waals surface area contributed by atoms with Crippen molar-refractivity contribution in [1.82, 2.24) is 0 Å². The maximum Gasteiger partial charge on any atom is 0.00857 e. The molecule has 0 aliphatic heterocycles. The Morgan fingerprint density at radius 3 is 2.75 bits per heavy atom. The van der Waals surface area contributed by atoms with Gasteiger partial charge in [0.05, 0.1) is 0 Å². The minimum Gasteiger partial charge on any atom is -0.0836 e. The molecule has 0 spiro atoms. The Hall–Kier alpha value is -1.04. The predicted molar refractivity (Wildman–Crippen MR) is 52.8 cm³/mol. The van der Waals surface area contributed by atoms with Gasteiger partial charge >= 0.3 is 0 Å². The highest BCUT2D eigenvalue weighted by molar-refractivity contribution is 5.47. The van der Waals surface area contributed by atoms with Gasteiger partial charge < -0.3 is 0 Å². The third-order valence-electron chi connectivity index (χ3n) is 2.76. The summed E-state index contributed by atoms with van der Waals surface area (Å²) < 4.78 is 0. The van der Waals surface area contributed by atoms with Gasteiger partial charge in [0.15, 0.2) is 0 Å². The Labute approximate surface area is 74.0 Å². The topological polar surface area (TPSA) is 0 Å². The third-order valence-corrected chi connectivity index (χ3v) is 2.76. The standard InChI is InChI=1S/C12H14/c1-9-7-8-10(2)12-6-4-3-5-11(9)12/h3-5,7-8,12H,6H2,1-2H3. The van der Waals surface area contributed by atoms with Crippen molar-refractivity contribution in [3.05, 3.63) is 47.1 Å². The van der Waals surface area contributed by atoms with E-state index in [1.807, 2.05) is 0 Å². The second-order valence-electron chi connectivity index (χ2n) is 3.60. The van der Waals surface area contributed by atoms with E-state index in [1.54, 1.807) is 0 Å². The number of fused-ring (bicyclic) bond motifs is 1. The molecule has 2 aliphatic carbocycles. The van der Waals surface area contributed by atoms with Crippen molar-refractivity contribution in [2.45, 2.75) is 20.3 Å². The monoisotopic (exact) mass is 158 g/mol. The molecular formula is C12H14. The Morgan fingerprint density at radius 2 is 2.00 bits per heavy atom. The molecule has 1 atom stereocenters. The summed E-state index contributed by atoms with van der Waals surface area (Å²) >= 11 is 0. The molecule has 2 aliphatic rings. The molecule has 0 N–H and O–H groups in total. The molecule has 0 radical (unpaired) electrons. The highest BCUT2D eigenvalue weighted by Crippen LogP contribution is 2.35. The molecule has 0 amide bonds. The van der Waals surface area contributed by atoms with E-state index in [-0.39, 0.29) is 0 Å². The summed E-state index contributed by atoms with van der Waals surface area (Å²) in [5, 5.41) is 0. The highest BCUT2D eigenvalue weighted by atomic mass is 14.2. The number of hydrogen-bond acceptors (Lipinski definition) is 0. The van der Waals surface area contributed by atoms with Crippen LogP contribution in [0.3, 0.4) is 0 Å². The maximum absolute atomic E-state index is 2.25. The van der Waals surface area contributed by atoms with Crippen molar-refractivity contribution < 1.29 is 0 Å². The SMILES string of the molecule is CC1=CC=C(C)C2CC=CC=C12. The molecule has 0 saturated carbocycles. The molecule has 12 heavy (non-hydrogen) atoms. The van der Waals surface area contributed by atoms with Crippen LogP contribution in [0.1, 0.15) is 20.3 Å². The molecule has 1 unspecified atom stereocenters. The summed E-state index contributed by atoms with van der Waals surface area (Å²) in [6, 6.07) is 0. The van der Waals surface area contributed by atoms with E-state index >= 15 is 0 Å². The zero-order valence-corrected chi connectivity index (χ0v) is 7.67. The van der Waals surface area contributed by atoms with E-state index in [2.05, 4.69) is 44.2 Å². The first kappa shape index (κ1) is 7.60. The normalized spacial score (nSPS) is 27.2. The van der Waals surface area contributed by atoms with Crippen LogP contribution >= 0.6 is 0 Å². The average molecular weight is 158 g/mol. The van der Waals surface area contributed by atoms with Crippen molar-refractivity contribution in [3.63, 3.8) is 0 Å². The lowest BCUT2D eigenvalue weighted by Crippen LogP contribution is -2.11. The average Bonchev–Trinajstić information content (AvgIpc) is 2.12. The molecule has 62 valence electrons. The number of hydrogen-bond donors (Lipinski definition) is 0. The summed E-state index contributed by atoms with van der Waals surface area (Å²) in [5.74, 6) is 0.667. The summed E-state index contributed by atoms with van der Waals surface area (Å²) in [4.78, 5) is 0. The van der Waals surface area contributed by atoms with Crippen LogP contribution in [-0.2, 0) is 0 Å². The Bertz CT molecular complexity index is 311. The zero-order chi connectivity index (χ0) is 8.55. The molecule has 0 fully saturated rings. The van der Waals surface area contributed by atoms with Gasteiger partial charge in [0.2, 0.25) is 0 Å². The van der Waals surface area contributed by atoms with E-state index in [9.17, 15) is 0 Å². The van der Waals surface area contributed by atoms with Crippen LogP contribution in [0.15, 0.2) is 47.1 Å². The lowest BCUT2D eigenvalue weighted by Gasteiger charge is -2.26. The summed E-state index contributed by atoms with van der Waals surface area (Å²) in [7, 11) is 0. The largest absolute Gasteiger partial charge is 0.0836 e. The quantitative estimate of drug-likeness (QED) is 0.507. The molecule has 0 aromatic rings. The highest BCUT2D eigenvalue weighted by Gasteiger charge is 2.19. The van der Waals surface area contributed by atoms with E-state index < -0.39 is 0 Å². The first-order valence-corrected chi connectivity index (χ1v) is 4.51. The predicted octanol–water partition coefficient (Wildman–Crippen LogP) is 3.40. The van der Waals surface area contributed by atoms with Gasteiger partial charge in [-0.15, -0.1) is 0 Å². The van der Waals surface area contributed by atoms with Crippen molar-refractivity contribution in [2.75, 3.05) is 0 Å². The molecular weight excluding hydrogens is 144 g/mol. The third kappa shape index (κ3) is 1.08. The second kappa shape index (κ2) is 2.78. The van der Waals surface area contributed by atoms with Gasteiger partial charge in [0.25, 0.3) is 0 Å². The van der Waals surface area contributed by atoms with Crippen molar-refractivity contribution in [2.24, 2.45) is 5.92 Å². The van der Waals surface area contributed by atoms with Crippen LogP contribution in [-0.4, -0.2) is 0 Å². The van der Waals surface area contributed by atoms with Crippen LogP contribution < -0.4 is 0 Å². The van der Waals surface area contributed by atoms with Crippen LogP contribution in [0, 0.1) is 5.92 Å². The Morgan fingerprint density at radius 1 is 1.17 bits per heavy atom. The molecule has 2 rings (SSSR count). The first-order chi connectivity index (χ1) is 5.79. The number of rotatable bonds is 0. The summed E-state index contributed by atoms with van der Waals surface area (Å²) in [5.41, 5.74) is 4.43. The molecule has 0 aromatic carbocycles. The maximum atomic E-state index is 2.25. The molecule has 0 saturated heterocycles. The summed E-state index contributed by atoms with van der Waals surface area (Å²) in [6.07, 6.45) is 12.3. The van der Waals surface area contributed by atoms with Gasteiger partial charge in [0.1, 0.15) is 0 Å². The van der Waals surface area contributed by atoms with Crippen LogP contribution in [0.25, 0.3) is 0 Å². The van der Waals surface area contributed by atoms with Crippen molar-refractivity contribution in [1.29, 1.82) is 0 Å². The smallest absolute Gasteiger partial charge is 0.00857 e. The van der Waals surface area contributed by atoms with Gasteiger partial charge in [-0.2, -0.15) is 0 Å². The van der Waals surface area contributed by atoms with E-state index in [4.69, 9.17) is 0 Å². The Balaban J connectivity index is 2.44. The van der Waals surface area contributed by atoms with Gasteiger partial charge in [-0.3, -0.25) is 0 Å². The molecule has 0 heteroatoms. The number of allylic oxidation sites excluding steroid dienone is 8. The molecule has 0 nitrogen and oxygen atoms in total. The van der Waals surface area contributed by atoms with Gasteiger partial charge in [-0.25, -0.2) is 0 Å². The van der Waals surface area contributed by atoms with Crippen molar-refractivity contribution >= 4 is 0 Å². The van der Waals surface area contributed by atoms with E-state index in [0.29, 0.717) is 5.92 Å². The fraction of sp³-hybridized carbons (Fsp3) is 0.333. The van der Waals surface area contributed by atoms with Crippen LogP contribution in [0.4, 0.5) is 0 Å². The second-order valence-corrected chi connectivity index (χ2v) is 3.60. The molecule has 0 aromatic heterocycles. The molecule has 0 heterocycles. The van der Waals surface area contributed by atoms with Gasteiger partial charge in [-0.1, -0.05) is 36.0 Å². The van der Waals surface area contributed by atoms with Gasteiger partial charge in [0, 0.05) is 5.92 Å². The zero-order valence-electron chi connectivity index (χ0n) is 7.67. The van der Waals surface area contributed by atoms with Crippen LogP contribution in [0.5, 0.6) is 0 Å².